The van der Waals surface area contributed by atoms with Crippen LogP contribution in [0, 0.1) is 0 Å². The molecule has 17 heavy (non-hydrogen) atoms. The molecule has 0 bridgehead atoms. The SMILES string of the molecule is Cl.Clc1cc(Cl)cc(CN2CCCNCC2)c1. The van der Waals surface area contributed by atoms with Crippen molar-refractivity contribution in [1.29, 1.82) is 0 Å². The molecule has 1 aromatic rings. The minimum atomic E-state index is 0. The topological polar surface area (TPSA) is 15.3 Å². The van der Waals surface area contributed by atoms with E-state index in [4.69, 9.17) is 23.2 Å². The van der Waals surface area contributed by atoms with E-state index in [0.717, 1.165) is 42.8 Å². The highest BCUT2D eigenvalue weighted by Crippen LogP contribution is 2.20. The van der Waals surface area contributed by atoms with Crippen molar-refractivity contribution in [2.75, 3.05) is 26.2 Å². The highest BCUT2D eigenvalue weighted by atomic mass is 35.5. The van der Waals surface area contributed by atoms with Crippen LogP contribution in [-0.4, -0.2) is 31.1 Å². The van der Waals surface area contributed by atoms with Crippen molar-refractivity contribution in [2.24, 2.45) is 0 Å². The van der Waals surface area contributed by atoms with Gasteiger partial charge in [-0.25, -0.2) is 0 Å². The number of nitrogens with zero attached hydrogens (tertiary/aromatic N) is 1. The van der Waals surface area contributed by atoms with E-state index >= 15 is 0 Å². The molecule has 1 aliphatic rings. The third-order valence-electron chi connectivity index (χ3n) is 2.76. The van der Waals surface area contributed by atoms with Crippen LogP contribution in [-0.2, 0) is 6.54 Å². The second kappa shape index (κ2) is 7.45. The summed E-state index contributed by atoms with van der Waals surface area (Å²) in [7, 11) is 0. The molecule has 1 N–H and O–H groups in total. The first-order chi connectivity index (χ1) is 7.74. The molecule has 0 aliphatic carbocycles. The van der Waals surface area contributed by atoms with Crippen molar-refractivity contribution in [1.82, 2.24) is 10.2 Å². The van der Waals surface area contributed by atoms with Crippen LogP contribution in [0.2, 0.25) is 10.0 Å². The van der Waals surface area contributed by atoms with Crippen LogP contribution < -0.4 is 5.32 Å². The van der Waals surface area contributed by atoms with E-state index in [2.05, 4.69) is 10.2 Å². The lowest BCUT2D eigenvalue weighted by Gasteiger charge is -2.19. The monoisotopic (exact) mass is 294 g/mol. The van der Waals surface area contributed by atoms with Crippen LogP contribution in [0.5, 0.6) is 0 Å². The first-order valence-corrected chi connectivity index (χ1v) is 6.38. The average molecular weight is 296 g/mol. The van der Waals surface area contributed by atoms with E-state index in [1.165, 1.54) is 12.0 Å². The zero-order valence-electron chi connectivity index (χ0n) is 9.59. The van der Waals surface area contributed by atoms with Gasteiger partial charge in [0.2, 0.25) is 0 Å². The zero-order chi connectivity index (χ0) is 11.4. The Morgan fingerprint density at radius 3 is 2.47 bits per heavy atom. The van der Waals surface area contributed by atoms with Crippen molar-refractivity contribution < 1.29 is 0 Å². The predicted molar refractivity (Wildman–Crippen MR) is 76.5 cm³/mol. The Kier molecular flexibility index (Phi) is 6.60. The molecule has 1 aliphatic heterocycles. The van der Waals surface area contributed by atoms with Gasteiger partial charge in [0.1, 0.15) is 0 Å². The maximum absolute atomic E-state index is 5.98. The van der Waals surface area contributed by atoms with Gasteiger partial charge in [-0.15, -0.1) is 12.4 Å². The molecule has 96 valence electrons. The standard InChI is InChI=1S/C12H16Cl2N2.ClH/c13-11-6-10(7-12(14)8-11)9-16-4-1-2-15-3-5-16;/h6-8,15H,1-5,9H2;1H. The average Bonchev–Trinajstić information content (AvgIpc) is 2.44. The van der Waals surface area contributed by atoms with Gasteiger partial charge in [-0.05, 0) is 43.3 Å². The van der Waals surface area contributed by atoms with E-state index in [1.807, 2.05) is 12.1 Å². The minimum Gasteiger partial charge on any atom is -0.315 e. The molecule has 0 radical (unpaired) electrons. The predicted octanol–water partition coefficient (Wildman–Crippen LogP) is 3.21. The van der Waals surface area contributed by atoms with Gasteiger partial charge in [-0.1, -0.05) is 23.2 Å². The summed E-state index contributed by atoms with van der Waals surface area (Å²) in [6.07, 6.45) is 1.20. The number of rotatable bonds is 2. The van der Waals surface area contributed by atoms with Crippen molar-refractivity contribution in [3.63, 3.8) is 0 Å². The third kappa shape index (κ3) is 5.02. The number of benzene rings is 1. The van der Waals surface area contributed by atoms with Gasteiger partial charge >= 0.3 is 0 Å². The van der Waals surface area contributed by atoms with Crippen LogP contribution in [0.3, 0.4) is 0 Å². The van der Waals surface area contributed by atoms with Gasteiger partial charge in [0.25, 0.3) is 0 Å². The Balaban J connectivity index is 0.00000144. The molecular weight excluding hydrogens is 279 g/mol. The molecule has 5 heteroatoms. The Morgan fingerprint density at radius 2 is 1.76 bits per heavy atom. The Bertz CT molecular complexity index is 329. The molecule has 0 unspecified atom stereocenters. The molecule has 1 aromatic carbocycles. The number of hydrogen-bond donors (Lipinski definition) is 1. The zero-order valence-corrected chi connectivity index (χ0v) is 11.9. The Morgan fingerprint density at radius 1 is 1.06 bits per heavy atom. The summed E-state index contributed by atoms with van der Waals surface area (Å²) in [5, 5.41) is 4.83. The smallest absolute Gasteiger partial charge is 0.0424 e. The highest BCUT2D eigenvalue weighted by molar-refractivity contribution is 6.34. The molecule has 0 amide bonds. The lowest BCUT2D eigenvalue weighted by Crippen LogP contribution is -2.27. The van der Waals surface area contributed by atoms with E-state index in [1.54, 1.807) is 6.07 Å². The molecule has 1 fully saturated rings. The summed E-state index contributed by atoms with van der Waals surface area (Å²) in [5.74, 6) is 0. The van der Waals surface area contributed by atoms with Crippen molar-refractivity contribution >= 4 is 35.6 Å². The summed E-state index contributed by atoms with van der Waals surface area (Å²) >= 11 is 12.0. The van der Waals surface area contributed by atoms with Crippen LogP contribution in [0.25, 0.3) is 0 Å². The molecule has 2 nitrogen and oxygen atoms in total. The fraction of sp³-hybridized carbons (Fsp3) is 0.500. The van der Waals surface area contributed by atoms with Gasteiger partial charge in [-0.3, -0.25) is 4.90 Å². The van der Waals surface area contributed by atoms with E-state index in [0.29, 0.717) is 0 Å². The molecule has 0 atom stereocenters. The van der Waals surface area contributed by atoms with Gasteiger partial charge in [0, 0.05) is 29.7 Å². The number of nitrogens with one attached hydrogen (secondary N) is 1. The maximum Gasteiger partial charge on any atom is 0.0424 e. The first-order valence-electron chi connectivity index (χ1n) is 5.62. The number of halogens is 3. The lowest BCUT2D eigenvalue weighted by molar-refractivity contribution is 0.284. The van der Waals surface area contributed by atoms with Crippen molar-refractivity contribution in [3.8, 4) is 0 Å². The van der Waals surface area contributed by atoms with Gasteiger partial charge in [-0.2, -0.15) is 0 Å². The molecular formula is C12H17Cl3N2. The second-order valence-electron chi connectivity index (χ2n) is 4.16. The second-order valence-corrected chi connectivity index (χ2v) is 5.03. The normalized spacial score (nSPS) is 17.3. The first kappa shape index (κ1) is 15.1. The minimum absolute atomic E-state index is 0. The maximum atomic E-state index is 5.98. The van der Waals surface area contributed by atoms with E-state index in [-0.39, 0.29) is 12.4 Å². The highest BCUT2D eigenvalue weighted by Gasteiger charge is 2.09. The molecule has 1 saturated heterocycles. The molecule has 0 saturated carbocycles. The number of hydrogen-bond acceptors (Lipinski definition) is 2. The van der Waals surface area contributed by atoms with Crippen LogP contribution in [0.15, 0.2) is 18.2 Å². The lowest BCUT2D eigenvalue weighted by atomic mass is 10.2. The van der Waals surface area contributed by atoms with Crippen LogP contribution >= 0.6 is 35.6 Å². The summed E-state index contributed by atoms with van der Waals surface area (Å²) in [4.78, 5) is 2.43. The summed E-state index contributed by atoms with van der Waals surface area (Å²) in [5.41, 5.74) is 1.19. The summed E-state index contributed by atoms with van der Waals surface area (Å²) in [6.45, 7) is 5.34. The molecule has 0 aromatic heterocycles. The van der Waals surface area contributed by atoms with Gasteiger partial charge in [0.05, 0.1) is 0 Å². The summed E-state index contributed by atoms with van der Waals surface area (Å²) in [6, 6.07) is 5.76. The van der Waals surface area contributed by atoms with Gasteiger partial charge in [0.15, 0.2) is 0 Å². The van der Waals surface area contributed by atoms with Crippen LogP contribution in [0.4, 0.5) is 0 Å². The molecule has 0 spiro atoms. The van der Waals surface area contributed by atoms with Crippen molar-refractivity contribution in [2.45, 2.75) is 13.0 Å². The van der Waals surface area contributed by atoms with E-state index < -0.39 is 0 Å². The van der Waals surface area contributed by atoms with E-state index in [9.17, 15) is 0 Å². The van der Waals surface area contributed by atoms with Gasteiger partial charge < -0.3 is 5.32 Å². The van der Waals surface area contributed by atoms with Crippen molar-refractivity contribution in [3.05, 3.63) is 33.8 Å². The largest absolute Gasteiger partial charge is 0.315 e. The quantitative estimate of drug-likeness (QED) is 0.901. The van der Waals surface area contributed by atoms with Crippen LogP contribution in [0.1, 0.15) is 12.0 Å². The molecule has 2 rings (SSSR count). The Hall–Kier alpha value is 0.01000. The summed E-state index contributed by atoms with van der Waals surface area (Å²) < 4.78 is 0. The third-order valence-corrected chi connectivity index (χ3v) is 3.20. The molecule has 1 heterocycles. The fourth-order valence-corrected chi connectivity index (χ4v) is 2.59. The fourth-order valence-electron chi connectivity index (χ4n) is 2.02. The Labute approximate surface area is 119 Å².